The average Bonchev–Trinajstić information content (AvgIpc) is 3.01. The van der Waals surface area contributed by atoms with Crippen LogP contribution >= 0.6 is 11.8 Å². The summed E-state index contributed by atoms with van der Waals surface area (Å²) in [4.78, 5) is 35.9. The summed E-state index contributed by atoms with van der Waals surface area (Å²) in [5.41, 5.74) is 0. The molecule has 2 saturated heterocycles. The molecule has 3 unspecified atom stereocenters. The molecule has 2 heterocycles. The summed E-state index contributed by atoms with van der Waals surface area (Å²) in [6.07, 6.45) is 1.89. The third-order valence-corrected chi connectivity index (χ3v) is 5.00. The van der Waals surface area contributed by atoms with Gasteiger partial charge < -0.3 is 15.7 Å². The summed E-state index contributed by atoms with van der Waals surface area (Å²) in [6.45, 7) is 2.27. The average molecular weight is 301 g/mol. The highest BCUT2D eigenvalue weighted by atomic mass is 32.2. The maximum Gasteiger partial charge on any atom is 0.327 e. The van der Waals surface area contributed by atoms with E-state index in [4.69, 9.17) is 5.11 Å². The second-order valence-corrected chi connectivity index (χ2v) is 6.16. The van der Waals surface area contributed by atoms with E-state index in [1.54, 1.807) is 0 Å². The van der Waals surface area contributed by atoms with Gasteiger partial charge in [0, 0.05) is 24.8 Å². The van der Waals surface area contributed by atoms with Gasteiger partial charge in [-0.3, -0.25) is 9.69 Å². The highest BCUT2D eigenvalue weighted by molar-refractivity contribution is 8.00. The number of thioether (sulfide) groups is 1. The predicted molar refractivity (Wildman–Crippen MR) is 74.4 cm³/mol. The van der Waals surface area contributed by atoms with Crippen LogP contribution < -0.4 is 10.6 Å². The summed E-state index contributed by atoms with van der Waals surface area (Å²) in [6, 6.07) is -1.19. The first-order valence-electron chi connectivity index (χ1n) is 6.72. The lowest BCUT2D eigenvalue weighted by molar-refractivity contribution is -0.141. The number of aliphatic carboxylic acids is 1. The van der Waals surface area contributed by atoms with Crippen LogP contribution in [0.3, 0.4) is 0 Å². The van der Waals surface area contributed by atoms with Crippen LogP contribution in [0, 0.1) is 0 Å². The molecule has 0 bridgehead atoms. The lowest BCUT2D eigenvalue weighted by Crippen LogP contribution is -2.52. The van der Waals surface area contributed by atoms with E-state index in [9.17, 15) is 14.4 Å². The number of hydrogen-bond donors (Lipinski definition) is 3. The number of carbonyl (C=O) groups is 3. The molecule has 0 aliphatic carbocycles. The Morgan fingerprint density at radius 1 is 1.55 bits per heavy atom. The molecular formula is C12H19N3O4S. The monoisotopic (exact) mass is 301 g/mol. The molecular weight excluding hydrogens is 282 g/mol. The van der Waals surface area contributed by atoms with Crippen molar-refractivity contribution in [2.45, 2.75) is 43.6 Å². The van der Waals surface area contributed by atoms with E-state index in [0.29, 0.717) is 31.6 Å². The molecule has 20 heavy (non-hydrogen) atoms. The number of carboxylic acid groups (broad SMARTS) is 1. The van der Waals surface area contributed by atoms with Crippen molar-refractivity contribution < 1.29 is 19.5 Å². The molecule has 0 aromatic heterocycles. The highest BCUT2D eigenvalue weighted by Gasteiger charge is 2.40. The molecule has 0 aromatic rings. The first-order chi connectivity index (χ1) is 9.52. The van der Waals surface area contributed by atoms with Gasteiger partial charge in [-0.25, -0.2) is 9.59 Å². The topological polar surface area (TPSA) is 98.7 Å². The van der Waals surface area contributed by atoms with Crippen molar-refractivity contribution in [1.82, 2.24) is 15.5 Å². The molecule has 7 nitrogen and oxygen atoms in total. The fourth-order valence-electron chi connectivity index (χ4n) is 2.47. The van der Waals surface area contributed by atoms with Crippen LogP contribution in [-0.4, -0.2) is 57.7 Å². The summed E-state index contributed by atoms with van der Waals surface area (Å²) < 4.78 is 0. The van der Waals surface area contributed by atoms with Crippen molar-refractivity contribution in [1.29, 1.82) is 0 Å². The van der Waals surface area contributed by atoms with Crippen LogP contribution in [0.4, 0.5) is 4.79 Å². The van der Waals surface area contributed by atoms with Gasteiger partial charge in [-0.1, -0.05) is 6.92 Å². The minimum absolute atomic E-state index is 0.00387. The zero-order valence-corrected chi connectivity index (χ0v) is 12.1. The third-order valence-electron chi connectivity index (χ3n) is 3.55. The van der Waals surface area contributed by atoms with Gasteiger partial charge in [0.1, 0.15) is 6.04 Å². The largest absolute Gasteiger partial charge is 0.480 e. The van der Waals surface area contributed by atoms with Crippen molar-refractivity contribution in [2.75, 3.05) is 12.3 Å². The maximum absolute atomic E-state index is 12.2. The number of nitrogens with zero attached hydrogens (tertiary/aromatic N) is 1. The van der Waals surface area contributed by atoms with Crippen molar-refractivity contribution in [3.8, 4) is 0 Å². The summed E-state index contributed by atoms with van der Waals surface area (Å²) in [5, 5.41) is 14.6. The third kappa shape index (κ3) is 3.17. The molecule has 3 amide bonds. The van der Waals surface area contributed by atoms with Crippen LogP contribution in [-0.2, 0) is 9.59 Å². The van der Waals surface area contributed by atoms with E-state index in [0.717, 1.165) is 0 Å². The summed E-state index contributed by atoms with van der Waals surface area (Å²) in [5.74, 6) is -0.560. The van der Waals surface area contributed by atoms with E-state index in [2.05, 4.69) is 10.6 Å². The van der Waals surface area contributed by atoms with Gasteiger partial charge in [0.25, 0.3) is 0 Å². The van der Waals surface area contributed by atoms with Gasteiger partial charge in [-0.15, -0.1) is 11.8 Å². The molecule has 2 rings (SSSR count). The van der Waals surface area contributed by atoms with Crippen LogP contribution in [0.25, 0.3) is 0 Å². The number of carboxylic acids is 1. The number of amides is 3. The molecule has 3 atom stereocenters. The Labute approximate surface area is 121 Å². The van der Waals surface area contributed by atoms with Crippen molar-refractivity contribution in [3.63, 3.8) is 0 Å². The van der Waals surface area contributed by atoms with Crippen molar-refractivity contribution >= 4 is 29.7 Å². The Morgan fingerprint density at radius 3 is 2.85 bits per heavy atom. The van der Waals surface area contributed by atoms with Crippen molar-refractivity contribution in [3.05, 3.63) is 0 Å². The SMILES string of the molecule is CCC1SCC(C(=O)O)N1C(=O)NCC1CCC(=O)N1. The smallest absolute Gasteiger partial charge is 0.327 e. The summed E-state index contributed by atoms with van der Waals surface area (Å²) in [7, 11) is 0. The van der Waals surface area contributed by atoms with E-state index >= 15 is 0 Å². The fraction of sp³-hybridized carbons (Fsp3) is 0.750. The lowest BCUT2D eigenvalue weighted by atomic mass is 10.2. The zero-order chi connectivity index (χ0) is 14.7. The van der Waals surface area contributed by atoms with E-state index in [1.807, 2.05) is 6.92 Å². The van der Waals surface area contributed by atoms with E-state index in [1.165, 1.54) is 16.7 Å². The molecule has 0 saturated carbocycles. The second-order valence-electron chi connectivity index (χ2n) is 4.95. The fourth-order valence-corrected chi connectivity index (χ4v) is 3.82. The number of nitrogens with one attached hydrogen (secondary N) is 2. The number of hydrogen-bond acceptors (Lipinski definition) is 4. The maximum atomic E-state index is 12.2. The van der Waals surface area contributed by atoms with Crippen LogP contribution in [0.15, 0.2) is 0 Å². The molecule has 3 N–H and O–H groups in total. The Morgan fingerprint density at radius 2 is 2.30 bits per heavy atom. The first-order valence-corrected chi connectivity index (χ1v) is 7.77. The molecule has 0 aromatic carbocycles. The van der Waals surface area contributed by atoms with E-state index < -0.39 is 12.0 Å². The Balaban J connectivity index is 1.91. The number of rotatable bonds is 4. The van der Waals surface area contributed by atoms with Gasteiger partial charge in [-0.2, -0.15) is 0 Å². The normalized spacial score (nSPS) is 29.4. The zero-order valence-electron chi connectivity index (χ0n) is 11.3. The van der Waals surface area contributed by atoms with Crippen LogP contribution in [0.1, 0.15) is 26.2 Å². The molecule has 8 heteroatoms. The van der Waals surface area contributed by atoms with E-state index in [-0.39, 0.29) is 23.4 Å². The van der Waals surface area contributed by atoms with Crippen LogP contribution in [0.2, 0.25) is 0 Å². The minimum atomic E-state index is -0.974. The Bertz CT molecular complexity index is 418. The van der Waals surface area contributed by atoms with Crippen molar-refractivity contribution in [2.24, 2.45) is 0 Å². The molecule has 2 aliphatic rings. The number of carbonyl (C=O) groups excluding carboxylic acids is 2. The molecule has 0 radical (unpaired) electrons. The predicted octanol–water partition coefficient (Wildman–Crippen LogP) is 0.213. The molecule has 112 valence electrons. The van der Waals surface area contributed by atoms with Gasteiger partial charge in [0.05, 0.1) is 5.37 Å². The van der Waals surface area contributed by atoms with Crippen LogP contribution in [0.5, 0.6) is 0 Å². The quantitative estimate of drug-likeness (QED) is 0.689. The standard InChI is InChI=1S/C12H19N3O4S/c1-2-10-15(8(6-20-10)11(17)18)12(19)13-5-7-3-4-9(16)14-7/h7-8,10H,2-6H2,1H3,(H,13,19)(H,14,16)(H,17,18). The molecule has 2 fully saturated rings. The number of urea groups is 1. The van der Waals surface area contributed by atoms with Gasteiger partial charge >= 0.3 is 12.0 Å². The minimum Gasteiger partial charge on any atom is -0.480 e. The molecule has 0 spiro atoms. The Hall–Kier alpha value is -1.44. The lowest BCUT2D eigenvalue weighted by Gasteiger charge is -2.27. The molecule has 2 aliphatic heterocycles. The Kier molecular flexibility index (Phi) is 4.74. The second kappa shape index (κ2) is 6.34. The van der Waals surface area contributed by atoms with Gasteiger partial charge in [0.15, 0.2) is 0 Å². The van der Waals surface area contributed by atoms with Gasteiger partial charge in [0.2, 0.25) is 5.91 Å². The van der Waals surface area contributed by atoms with Gasteiger partial charge in [-0.05, 0) is 12.8 Å². The summed E-state index contributed by atoms with van der Waals surface area (Å²) >= 11 is 1.49. The first kappa shape index (κ1) is 15.0. The highest BCUT2D eigenvalue weighted by Crippen LogP contribution is 2.31.